The van der Waals surface area contributed by atoms with Gasteiger partial charge in [-0.2, -0.15) is 0 Å². The van der Waals surface area contributed by atoms with Gasteiger partial charge in [-0.05, 0) is 76.3 Å². The number of rotatable bonds is 6. The van der Waals surface area contributed by atoms with Crippen LogP contribution in [0, 0.1) is 3.57 Å². The molecule has 3 rings (SSSR count). The van der Waals surface area contributed by atoms with Crippen molar-refractivity contribution in [1.29, 1.82) is 0 Å². The summed E-state index contributed by atoms with van der Waals surface area (Å²) in [7, 11) is 2.89. The van der Waals surface area contributed by atoms with Gasteiger partial charge in [0.05, 0.1) is 27.7 Å². The Morgan fingerprint density at radius 2 is 1.94 bits per heavy atom. The quantitative estimate of drug-likeness (QED) is 0.391. The van der Waals surface area contributed by atoms with Gasteiger partial charge >= 0.3 is 0 Å². The Balaban J connectivity index is 1.73. The Morgan fingerprint density at radius 1 is 1.23 bits per heavy atom. The van der Waals surface area contributed by atoms with Crippen LogP contribution in [0.4, 0.5) is 10.5 Å². The van der Waals surface area contributed by atoms with Gasteiger partial charge in [0.25, 0.3) is 11.1 Å². The Kier molecular flexibility index (Phi) is 7.34. The van der Waals surface area contributed by atoms with E-state index in [0.29, 0.717) is 25.6 Å². The SMILES string of the molecule is COc1ccc(NC(=O)CN2C(=O)S/C(=C/c3cc(I)c(O)c(OC)c3)C2=O)cc1Cl. The molecule has 2 aromatic carbocycles. The lowest BCUT2D eigenvalue weighted by molar-refractivity contribution is -0.127. The fourth-order valence-corrected chi connectivity index (χ4v) is 4.43. The fraction of sp³-hybridized carbons (Fsp3) is 0.150. The third-order valence-electron chi connectivity index (χ3n) is 4.18. The number of phenols is 1. The van der Waals surface area contributed by atoms with Crippen LogP contribution in [0.25, 0.3) is 6.08 Å². The lowest BCUT2D eigenvalue weighted by atomic mass is 10.2. The fourth-order valence-electron chi connectivity index (χ4n) is 2.71. The lowest BCUT2D eigenvalue weighted by Gasteiger charge is -2.13. The molecule has 0 spiro atoms. The summed E-state index contributed by atoms with van der Waals surface area (Å²) in [6, 6.07) is 7.88. The first-order chi connectivity index (χ1) is 14.7. The molecule has 11 heteroatoms. The zero-order valence-corrected chi connectivity index (χ0v) is 20.0. The van der Waals surface area contributed by atoms with E-state index >= 15 is 0 Å². The maximum absolute atomic E-state index is 12.7. The molecule has 2 aromatic rings. The maximum atomic E-state index is 12.7. The van der Waals surface area contributed by atoms with Gasteiger partial charge in [0.2, 0.25) is 5.91 Å². The number of nitrogens with zero attached hydrogens (tertiary/aromatic N) is 1. The van der Waals surface area contributed by atoms with Crippen LogP contribution < -0.4 is 14.8 Å². The number of phenolic OH excluding ortho intramolecular Hbond substituents is 1. The zero-order chi connectivity index (χ0) is 22.7. The number of benzene rings is 2. The first-order valence-corrected chi connectivity index (χ1v) is 11.0. The minimum atomic E-state index is -0.583. The minimum absolute atomic E-state index is 0.0105. The van der Waals surface area contributed by atoms with E-state index in [1.165, 1.54) is 26.4 Å². The number of halogens is 2. The number of carbonyl (C=O) groups is 3. The van der Waals surface area contributed by atoms with E-state index in [1.54, 1.807) is 24.3 Å². The molecule has 1 aliphatic heterocycles. The van der Waals surface area contributed by atoms with Gasteiger partial charge in [0.1, 0.15) is 12.3 Å². The molecule has 0 unspecified atom stereocenters. The number of ether oxygens (including phenoxy) is 2. The molecule has 0 saturated carbocycles. The third kappa shape index (κ3) is 5.25. The van der Waals surface area contributed by atoms with E-state index in [-0.39, 0.29) is 16.4 Å². The van der Waals surface area contributed by atoms with Crippen molar-refractivity contribution in [3.05, 3.63) is 49.4 Å². The van der Waals surface area contributed by atoms with E-state index in [9.17, 15) is 19.5 Å². The second kappa shape index (κ2) is 9.79. The summed E-state index contributed by atoms with van der Waals surface area (Å²) in [4.78, 5) is 38.3. The molecule has 0 radical (unpaired) electrons. The van der Waals surface area contributed by atoms with Gasteiger partial charge in [-0.25, -0.2) is 0 Å². The molecule has 1 heterocycles. The van der Waals surface area contributed by atoms with Crippen molar-refractivity contribution in [2.75, 3.05) is 26.1 Å². The number of carbonyl (C=O) groups excluding carboxylic acids is 3. The highest BCUT2D eigenvalue weighted by Gasteiger charge is 2.36. The zero-order valence-electron chi connectivity index (χ0n) is 16.3. The van der Waals surface area contributed by atoms with Crippen LogP contribution in [0.15, 0.2) is 35.2 Å². The van der Waals surface area contributed by atoms with Crippen molar-refractivity contribution in [3.8, 4) is 17.2 Å². The van der Waals surface area contributed by atoms with E-state index < -0.39 is 23.6 Å². The van der Waals surface area contributed by atoms with Crippen LogP contribution in [0.3, 0.4) is 0 Å². The van der Waals surface area contributed by atoms with E-state index in [1.807, 2.05) is 22.6 Å². The highest BCUT2D eigenvalue weighted by Crippen LogP contribution is 2.36. The van der Waals surface area contributed by atoms with Crippen molar-refractivity contribution in [1.82, 2.24) is 4.90 Å². The van der Waals surface area contributed by atoms with Crippen molar-refractivity contribution >= 4 is 74.8 Å². The summed E-state index contributed by atoms with van der Waals surface area (Å²) in [5.41, 5.74) is 0.978. The summed E-state index contributed by atoms with van der Waals surface area (Å²) in [6.45, 7) is -0.442. The molecule has 1 fully saturated rings. The van der Waals surface area contributed by atoms with Gasteiger partial charge in [0, 0.05) is 5.69 Å². The predicted molar refractivity (Wildman–Crippen MR) is 127 cm³/mol. The smallest absolute Gasteiger partial charge is 0.294 e. The number of methoxy groups -OCH3 is 2. The molecule has 0 aliphatic carbocycles. The molecule has 0 atom stereocenters. The molecule has 8 nitrogen and oxygen atoms in total. The summed E-state index contributed by atoms with van der Waals surface area (Å²) in [5, 5.41) is 12.3. The predicted octanol–water partition coefficient (Wildman–Crippen LogP) is 4.34. The highest BCUT2D eigenvalue weighted by molar-refractivity contribution is 14.1. The van der Waals surface area contributed by atoms with E-state index in [2.05, 4.69) is 5.32 Å². The molecular formula is C20H16ClIN2O6S. The number of anilines is 1. The standard InChI is InChI=1S/C20H16ClIN2O6S/c1-29-14-4-3-11(8-12(14)21)23-17(25)9-24-19(27)16(31-20(24)28)7-10-5-13(22)18(26)15(6-10)30-2/h3-8,26H,9H2,1-2H3,(H,23,25)/b16-7+. The molecule has 31 heavy (non-hydrogen) atoms. The number of aromatic hydroxyl groups is 1. The third-order valence-corrected chi connectivity index (χ3v) is 6.20. The van der Waals surface area contributed by atoms with Crippen molar-refractivity contribution in [2.45, 2.75) is 0 Å². The van der Waals surface area contributed by atoms with Gasteiger partial charge in [-0.15, -0.1) is 0 Å². The monoisotopic (exact) mass is 574 g/mol. The van der Waals surface area contributed by atoms with Crippen LogP contribution in [-0.4, -0.2) is 47.8 Å². The van der Waals surface area contributed by atoms with Crippen molar-refractivity contribution in [2.24, 2.45) is 0 Å². The largest absolute Gasteiger partial charge is 0.504 e. The average molecular weight is 575 g/mol. The van der Waals surface area contributed by atoms with Crippen LogP contribution in [0.1, 0.15) is 5.56 Å². The summed E-state index contributed by atoms with van der Waals surface area (Å²) < 4.78 is 10.7. The lowest BCUT2D eigenvalue weighted by Crippen LogP contribution is -2.36. The van der Waals surface area contributed by atoms with Gasteiger partial charge in [0.15, 0.2) is 11.5 Å². The normalized spacial score (nSPS) is 14.8. The Bertz CT molecular complexity index is 1110. The number of thioether (sulfide) groups is 1. The molecule has 1 aliphatic rings. The molecular weight excluding hydrogens is 559 g/mol. The van der Waals surface area contributed by atoms with Crippen molar-refractivity contribution in [3.63, 3.8) is 0 Å². The van der Waals surface area contributed by atoms with E-state index in [4.69, 9.17) is 21.1 Å². The number of nitrogens with one attached hydrogen (secondary N) is 1. The maximum Gasteiger partial charge on any atom is 0.294 e. The van der Waals surface area contributed by atoms with Crippen LogP contribution in [0.5, 0.6) is 17.2 Å². The van der Waals surface area contributed by atoms with Gasteiger partial charge in [-0.3, -0.25) is 19.3 Å². The van der Waals surface area contributed by atoms with Crippen LogP contribution in [-0.2, 0) is 9.59 Å². The summed E-state index contributed by atoms with van der Waals surface area (Å²) in [5.74, 6) is -0.444. The Morgan fingerprint density at radius 3 is 2.58 bits per heavy atom. The summed E-state index contributed by atoms with van der Waals surface area (Å²) in [6.07, 6.45) is 1.51. The van der Waals surface area contributed by atoms with Crippen LogP contribution >= 0.6 is 46.0 Å². The minimum Gasteiger partial charge on any atom is -0.504 e. The molecule has 1 saturated heterocycles. The second-order valence-corrected chi connectivity index (χ2v) is 8.78. The first-order valence-electron chi connectivity index (χ1n) is 8.68. The molecule has 2 N–H and O–H groups in total. The number of imide groups is 1. The number of hydrogen-bond acceptors (Lipinski definition) is 7. The second-order valence-electron chi connectivity index (χ2n) is 6.22. The number of hydrogen-bond donors (Lipinski definition) is 2. The van der Waals surface area contributed by atoms with Crippen molar-refractivity contribution < 1.29 is 29.0 Å². The molecule has 0 bridgehead atoms. The highest BCUT2D eigenvalue weighted by atomic mass is 127. The Labute approximate surface area is 200 Å². The average Bonchev–Trinajstić information content (AvgIpc) is 2.98. The van der Waals surface area contributed by atoms with E-state index in [0.717, 1.165) is 16.7 Å². The van der Waals surface area contributed by atoms with Gasteiger partial charge < -0.3 is 19.9 Å². The summed E-state index contributed by atoms with van der Waals surface area (Å²) >= 11 is 8.70. The number of amides is 3. The Hall–Kier alpha value is -2.44. The molecule has 0 aromatic heterocycles. The topological polar surface area (TPSA) is 105 Å². The molecule has 162 valence electrons. The molecule has 3 amide bonds. The van der Waals surface area contributed by atoms with Crippen LogP contribution in [0.2, 0.25) is 5.02 Å². The first kappa shape index (κ1) is 23.2. The van der Waals surface area contributed by atoms with Gasteiger partial charge in [-0.1, -0.05) is 11.6 Å².